The van der Waals surface area contributed by atoms with Gasteiger partial charge in [-0.2, -0.15) is 0 Å². The largest absolute Gasteiger partial charge is 0.396 e. The Labute approximate surface area is 153 Å². The zero-order valence-corrected chi connectivity index (χ0v) is 15.4. The average molecular weight is 379 g/mol. The van der Waals surface area contributed by atoms with Crippen molar-refractivity contribution in [1.82, 2.24) is 5.32 Å². The topological polar surface area (TPSA) is 160 Å². The summed E-state index contributed by atoms with van der Waals surface area (Å²) in [5, 5.41) is 61.8. The minimum atomic E-state index is -1.47. The third kappa shape index (κ3) is 6.12. The van der Waals surface area contributed by atoms with Crippen molar-refractivity contribution in [3.05, 3.63) is 0 Å². The van der Waals surface area contributed by atoms with Crippen molar-refractivity contribution in [2.24, 2.45) is 5.92 Å². The Morgan fingerprint density at radius 2 is 1.81 bits per heavy atom. The lowest BCUT2D eigenvalue weighted by molar-refractivity contribution is -0.182. The van der Waals surface area contributed by atoms with E-state index in [1.165, 1.54) is 0 Å². The molecule has 9 nitrogen and oxygen atoms in total. The highest BCUT2D eigenvalue weighted by atomic mass is 16.5. The normalized spacial score (nSPS) is 32.7. The summed E-state index contributed by atoms with van der Waals surface area (Å²) in [6, 6.07) is -0.896. The maximum absolute atomic E-state index is 11.9. The monoisotopic (exact) mass is 379 g/mol. The smallest absolute Gasteiger partial charge is 0.220 e. The lowest BCUT2D eigenvalue weighted by Gasteiger charge is -2.40. The molecule has 7 N–H and O–H groups in total. The number of amides is 1. The van der Waals surface area contributed by atoms with Crippen molar-refractivity contribution in [3.8, 4) is 0 Å². The first-order chi connectivity index (χ1) is 12.3. The number of aliphatic hydroxyl groups is 6. The molecule has 0 saturated heterocycles. The first-order valence-electron chi connectivity index (χ1n) is 9.18. The van der Waals surface area contributed by atoms with Gasteiger partial charge < -0.3 is 40.7 Å². The summed E-state index contributed by atoms with van der Waals surface area (Å²) in [6.45, 7) is 2.95. The minimum absolute atomic E-state index is 0.109. The molecule has 9 heteroatoms. The molecule has 1 amide bonds. The SMILES string of the molecule is CCCC(=O)N[C@@H](CO[C@H]1CC(CO)[C@H](O)C(O)[C@@H]1O)[C@H](O)[C@H](O)CC. The van der Waals surface area contributed by atoms with Crippen LogP contribution in [0.3, 0.4) is 0 Å². The molecule has 154 valence electrons. The molecule has 1 aliphatic carbocycles. The van der Waals surface area contributed by atoms with Gasteiger partial charge in [0.05, 0.1) is 31.0 Å². The fourth-order valence-electron chi connectivity index (χ4n) is 3.10. The Balaban J connectivity index is 2.75. The lowest BCUT2D eigenvalue weighted by Crippen LogP contribution is -2.57. The molecule has 1 aliphatic rings. The van der Waals surface area contributed by atoms with Crippen LogP contribution in [0.5, 0.6) is 0 Å². The Morgan fingerprint density at radius 3 is 2.35 bits per heavy atom. The van der Waals surface area contributed by atoms with Gasteiger partial charge in [0.1, 0.15) is 18.3 Å². The maximum atomic E-state index is 11.9. The van der Waals surface area contributed by atoms with Gasteiger partial charge in [-0.3, -0.25) is 4.79 Å². The summed E-state index contributed by atoms with van der Waals surface area (Å²) in [7, 11) is 0. The minimum Gasteiger partial charge on any atom is -0.396 e. The zero-order chi connectivity index (χ0) is 19.9. The van der Waals surface area contributed by atoms with E-state index in [2.05, 4.69) is 5.32 Å². The van der Waals surface area contributed by atoms with E-state index in [0.29, 0.717) is 6.42 Å². The van der Waals surface area contributed by atoms with E-state index >= 15 is 0 Å². The summed E-state index contributed by atoms with van der Waals surface area (Å²) in [5.74, 6) is -0.950. The molecule has 1 rings (SSSR count). The van der Waals surface area contributed by atoms with E-state index in [9.17, 15) is 35.4 Å². The Bertz CT molecular complexity index is 422. The van der Waals surface area contributed by atoms with Crippen LogP contribution in [0.1, 0.15) is 39.5 Å². The fourth-order valence-corrected chi connectivity index (χ4v) is 3.10. The predicted molar refractivity (Wildman–Crippen MR) is 92.1 cm³/mol. The Morgan fingerprint density at radius 1 is 1.15 bits per heavy atom. The molecule has 0 aromatic heterocycles. The van der Waals surface area contributed by atoms with Crippen LogP contribution in [0, 0.1) is 5.92 Å². The first-order valence-corrected chi connectivity index (χ1v) is 9.18. The first kappa shape index (κ1) is 23.2. The van der Waals surface area contributed by atoms with Gasteiger partial charge in [0.2, 0.25) is 5.91 Å². The zero-order valence-electron chi connectivity index (χ0n) is 15.4. The van der Waals surface area contributed by atoms with Crippen LogP contribution in [0.25, 0.3) is 0 Å². The molecule has 0 spiro atoms. The molecule has 8 atom stereocenters. The van der Waals surface area contributed by atoms with Gasteiger partial charge in [0.25, 0.3) is 0 Å². The summed E-state index contributed by atoms with van der Waals surface area (Å²) in [4.78, 5) is 11.9. The van der Waals surface area contributed by atoms with Crippen molar-refractivity contribution in [2.75, 3.05) is 13.2 Å². The fraction of sp³-hybridized carbons (Fsp3) is 0.941. The van der Waals surface area contributed by atoms with Crippen LogP contribution in [-0.2, 0) is 9.53 Å². The molecule has 0 aliphatic heterocycles. The van der Waals surface area contributed by atoms with Gasteiger partial charge in [-0.05, 0) is 19.3 Å². The van der Waals surface area contributed by atoms with E-state index in [1.54, 1.807) is 6.92 Å². The van der Waals surface area contributed by atoms with E-state index in [0.717, 1.165) is 0 Å². The molecule has 0 radical (unpaired) electrons. The quantitative estimate of drug-likeness (QED) is 0.227. The number of carbonyl (C=O) groups is 1. The van der Waals surface area contributed by atoms with Crippen molar-refractivity contribution < 1.29 is 40.2 Å². The summed E-state index contributed by atoms with van der Waals surface area (Å²) in [5.41, 5.74) is 0. The van der Waals surface area contributed by atoms with Gasteiger partial charge in [-0.1, -0.05) is 13.8 Å². The molecule has 0 aromatic carbocycles. The van der Waals surface area contributed by atoms with Gasteiger partial charge in [-0.15, -0.1) is 0 Å². The highest BCUT2D eigenvalue weighted by Gasteiger charge is 2.43. The van der Waals surface area contributed by atoms with Crippen LogP contribution in [-0.4, -0.2) is 92.4 Å². The molecule has 1 saturated carbocycles. The van der Waals surface area contributed by atoms with Crippen LogP contribution in [0.2, 0.25) is 0 Å². The number of hydrogen-bond donors (Lipinski definition) is 7. The second-order valence-electron chi connectivity index (χ2n) is 6.91. The maximum Gasteiger partial charge on any atom is 0.220 e. The number of hydrogen-bond acceptors (Lipinski definition) is 8. The molecule has 0 aromatic rings. The van der Waals surface area contributed by atoms with Gasteiger partial charge in [0, 0.05) is 18.9 Å². The van der Waals surface area contributed by atoms with Gasteiger partial charge in [-0.25, -0.2) is 0 Å². The second kappa shape index (κ2) is 11.1. The highest BCUT2D eigenvalue weighted by Crippen LogP contribution is 2.28. The van der Waals surface area contributed by atoms with Crippen LogP contribution in [0.4, 0.5) is 0 Å². The van der Waals surface area contributed by atoms with Crippen LogP contribution in [0.15, 0.2) is 0 Å². The van der Waals surface area contributed by atoms with E-state index < -0.39 is 48.6 Å². The Kier molecular flexibility index (Phi) is 9.94. The molecule has 1 fully saturated rings. The van der Waals surface area contributed by atoms with E-state index in [-0.39, 0.29) is 38.4 Å². The van der Waals surface area contributed by atoms with Crippen molar-refractivity contribution >= 4 is 5.91 Å². The summed E-state index contributed by atoms with van der Waals surface area (Å²) in [6.07, 6.45) is -6.03. The van der Waals surface area contributed by atoms with Gasteiger partial charge in [0.15, 0.2) is 0 Å². The highest BCUT2D eigenvalue weighted by molar-refractivity contribution is 5.76. The summed E-state index contributed by atoms with van der Waals surface area (Å²) < 4.78 is 5.58. The predicted octanol–water partition coefficient (Wildman–Crippen LogP) is -2.12. The standard InChI is InChI=1S/C17H33NO8/c1-3-5-13(21)18-10(15(23)11(20)4-2)8-26-12-6-9(7-19)14(22)17(25)16(12)24/h9-12,14-17,19-20,22-25H,3-8H2,1-2H3,(H,18,21)/t9?,10-,11+,12-,14-,15-,16+,17?/m0/s1. The summed E-state index contributed by atoms with van der Waals surface area (Å²) >= 11 is 0. The van der Waals surface area contributed by atoms with Gasteiger partial charge >= 0.3 is 0 Å². The third-order valence-corrected chi connectivity index (χ3v) is 4.87. The van der Waals surface area contributed by atoms with Crippen LogP contribution < -0.4 is 5.32 Å². The van der Waals surface area contributed by atoms with E-state index in [1.807, 2.05) is 6.92 Å². The van der Waals surface area contributed by atoms with Crippen molar-refractivity contribution in [1.29, 1.82) is 0 Å². The number of nitrogens with one attached hydrogen (secondary N) is 1. The number of rotatable bonds is 10. The Hall–Kier alpha value is -0.810. The van der Waals surface area contributed by atoms with Crippen molar-refractivity contribution in [2.45, 2.75) is 82.2 Å². The number of aliphatic hydroxyl groups excluding tert-OH is 6. The van der Waals surface area contributed by atoms with E-state index in [4.69, 9.17) is 4.74 Å². The molecular formula is C17H33NO8. The van der Waals surface area contributed by atoms with Crippen LogP contribution >= 0.6 is 0 Å². The molecule has 0 bridgehead atoms. The molecule has 0 heterocycles. The molecule has 26 heavy (non-hydrogen) atoms. The average Bonchev–Trinajstić information content (AvgIpc) is 2.63. The van der Waals surface area contributed by atoms with Crippen molar-refractivity contribution in [3.63, 3.8) is 0 Å². The third-order valence-electron chi connectivity index (χ3n) is 4.87. The molecule has 2 unspecified atom stereocenters. The lowest BCUT2D eigenvalue weighted by atomic mass is 9.81. The molecular weight excluding hydrogens is 346 g/mol. The number of ether oxygens (including phenoxy) is 1. The second-order valence-corrected chi connectivity index (χ2v) is 6.91. The number of carbonyl (C=O) groups excluding carboxylic acids is 1.